The van der Waals surface area contributed by atoms with Gasteiger partial charge in [0.05, 0.1) is 23.5 Å². The van der Waals surface area contributed by atoms with Gasteiger partial charge in [-0.3, -0.25) is 0 Å². The van der Waals surface area contributed by atoms with Crippen molar-refractivity contribution in [2.45, 2.75) is 61.4 Å². The van der Waals surface area contributed by atoms with Crippen LogP contribution in [0.1, 0.15) is 20.8 Å². The average Bonchev–Trinajstić information content (AvgIpc) is 2.38. The summed E-state index contributed by atoms with van der Waals surface area (Å²) in [6, 6.07) is 0. The van der Waals surface area contributed by atoms with Crippen LogP contribution in [0.2, 0.25) is 0 Å². The van der Waals surface area contributed by atoms with Crippen LogP contribution >= 0.6 is 0 Å². The van der Waals surface area contributed by atoms with Gasteiger partial charge in [0.25, 0.3) is 5.50 Å². The van der Waals surface area contributed by atoms with Crippen LogP contribution in [0.5, 0.6) is 0 Å². The van der Waals surface area contributed by atoms with E-state index in [0.29, 0.717) is 0 Å². The number of hydrogen-bond donors (Lipinski definition) is 0. The van der Waals surface area contributed by atoms with Gasteiger partial charge in [0.15, 0.2) is 7.85 Å². The molecule has 15 heteroatoms. The fourth-order valence-corrected chi connectivity index (χ4v) is 2.52. The maximum Gasteiger partial charge on any atom is 0.427 e. The molecule has 1 saturated heterocycles. The van der Waals surface area contributed by atoms with E-state index in [-0.39, 0.29) is 11.4 Å². The smallest absolute Gasteiger partial charge is 0.427 e. The molecule has 0 N–H and O–H groups in total. The maximum absolute atomic E-state index is 12.8. The number of nitrogens with zero attached hydrogens (tertiary/aromatic N) is 2. The zero-order valence-corrected chi connectivity index (χ0v) is 14.7. The summed E-state index contributed by atoms with van der Waals surface area (Å²) in [4.78, 5) is 13.7. The fraction of sp³-hybridized carbons (Fsp3) is 0.917. The minimum absolute atomic E-state index is 0.110. The SMILES string of the molecule is [B]C1CN(C(C)(C)C)C([B])C([B])([B])N1C(=O)OC([B])(C(F)(F)F)C(F)(F)F. The minimum Gasteiger partial charge on any atom is -0.434 e. The Bertz CT molecular complexity index is 566. The van der Waals surface area contributed by atoms with E-state index in [2.05, 4.69) is 12.6 Å². The zero-order chi connectivity index (χ0) is 21.8. The van der Waals surface area contributed by atoms with E-state index in [1.165, 1.54) is 4.90 Å². The molecule has 2 atom stereocenters. The van der Waals surface area contributed by atoms with Gasteiger partial charge >= 0.3 is 18.4 Å². The first-order valence-electron chi connectivity index (χ1n) is 7.48. The van der Waals surface area contributed by atoms with Crippen molar-refractivity contribution in [1.82, 2.24) is 9.80 Å². The Morgan fingerprint density at radius 1 is 1.04 bits per heavy atom. The number of rotatable bonds is 1. The average molecular weight is 385 g/mol. The van der Waals surface area contributed by atoms with Gasteiger partial charge < -0.3 is 14.5 Å². The number of ether oxygens (including phenoxy) is 1. The monoisotopic (exact) mass is 386 g/mol. The summed E-state index contributed by atoms with van der Waals surface area (Å²) < 4.78 is 80.7. The highest BCUT2D eigenvalue weighted by Gasteiger charge is 2.70. The molecule has 1 fully saturated rings. The molecule has 0 aromatic rings. The lowest BCUT2D eigenvalue weighted by molar-refractivity contribution is -0.331. The molecule has 4 nitrogen and oxygen atoms in total. The van der Waals surface area contributed by atoms with Crippen molar-refractivity contribution < 1.29 is 35.9 Å². The van der Waals surface area contributed by atoms with Gasteiger partial charge in [0.1, 0.15) is 7.85 Å². The Morgan fingerprint density at radius 2 is 1.44 bits per heavy atom. The molecular weight excluding hydrogens is 372 g/mol. The van der Waals surface area contributed by atoms with Crippen molar-refractivity contribution in [3.05, 3.63) is 0 Å². The predicted octanol–water partition coefficient (Wildman–Crippen LogP) is 0.508. The van der Waals surface area contributed by atoms with Crippen LogP contribution in [0.4, 0.5) is 31.1 Å². The number of halogens is 6. The Labute approximate surface area is 159 Å². The predicted molar refractivity (Wildman–Crippen MR) is 88.7 cm³/mol. The quantitative estimate of drug-likeness (QED) is 0.487. The number of carbonyl (C=O) groups is 1. The maximum atomic E-state index is 12.8. The van der Waals surface area contributed by atoms with E-state index in [9.17, 15) is 31.1 Å². The molecule has 2 unspecified atom stereocenters. The van der Waals surface area contributed by atoms with Crippen molar-refractivity contribution in [3.8, 4) is 0 Å². The second-order valence-corrected chi connectivity index (χ2v) is 7.19. The molecule has 10 radical (unpaired) electrons. The number of amides is 1. The van der Waals surface area contributed by atoms with Crippen LogP contribution in [0, 0.1) is 0 Å². The van der Waals surface area contributed by atoms with Crippen LogP contribution in [0.3, 0.4) is 0 Å². The summed E-state index contributed by atoms with van der Waals surface area (Å²) in [6.45, 7) is 4.79. The summed E-state index contributed by atoms with van der Waals surface area (Å²) >= 11 is 0. The third-order valence-corrected chi connectivity index (χ3v) is 4.09. The Morgan fingerprint density at radius 3 is 1.78 bits per heavy atom. The van der Waals surface area contributed by atoms with Crippen LogP contribution in [-0.4, -0.2) is 102 Å². The summed E-state index contributed by atoms with van der Waals surface area (Å²) in [6.07, 6.45) is -14.6. The largest absolute Gasteiger partial charge is 0.434 e. The summed E-state index contributed by atoms with van der Waals surface area (Å²) in [5.41, 5.74) is -5.98. The molecule has 140 valence electrons. The third kappa shape index (κ3) is 4.27. The summed E-state index contributed by atoms with van der Waals surface area (Å²) in [7, 11) is 27.4. The standard InChI is InChI=1S/C12H13B5F6N2O2/c1-8(2,3)24-4-5(13)25(9(15,16)6(24)14)7(26)27-10(17,11(18,19)20)12(21,22)23/h5-6H,4H2,1-3H3. The molecular formula is C12H13B5F6N2O2. The highest BCUT2D eigenvalue weighted by Crippen LogP contribution is 2.44. The van der Waals surface area contributed by atoms with Gasteiger partial charge in [-0.25, -0.2) is 4.79 Å². The number of carbonyl (C=O) groups excluding carboxylic acids is 1. The first-order valence-corrected chi connectivity index (χ1v) is 7.48. The van der Waals surface area contributed by atoms with Crippen molar-refractivity contribution in [1.29, 1.82) is 0 Å². The second-order valence-electron chi connectivity index (χ2n) is 7.19. The first kappa shape index (κ1) is 24.2. The minimum atomic E-state index is -6.17. The van der Waals surface area contributed by atoms with E-state index >= 15 is 0 Å². The lowest BCUT2D eigenvalue weighted by Crippen LogP contribution is -2.77. The van der Waals surface area contributed by atoms with E-state index in [4.69, 9.17) is 31.4 Å². The summed E-state index contributed by atoms with van der Waals surface area (Å²) in [5.74, 6) is -2.92. The van der Waals surface area contributed by atoms with Crippen LogP contribution in [-0.2, 0) is 4.74 Å². The number of alkyl halides is 6. The van der Waals surface area contributed by atoms with E-state index in [1.807, 2.05) is 0 Å². The first-order chi connectivity index (χ1) is 11.7. The molecule has 1 aliphatic rings. The molecule has 0 aromatic heterocycles. The zero-order valence-electron chi connectivity index (χ0n) is 14.7. The molecule has 0 saturated carbocycles. The van der Waals surface area contributed by atoms with Gasteiger partial charge in [0.2, 0.25) is 0 Å². The molecule has 1 rings (SSSR count). The summed E-state index contributed by atoms with van der Waals surface area (Å²) in [5, 5.41) is -2.46. The van der Waals surface area contributed by atoms with Crippen molar-refractivity contribution in [3.63, 3.8) is 0 Å². The van der Waals surface area contributed by atoms with Crippen molar-refractivity contribution >= 4 is 45.3 Å². The highest BCUT2D eigenvalue weighted by atomic mass is 19.4. The van der Waals surface area contributed by atoms with Crippen LogP contribution in [0.25, 0.3) is 0 Å². The molecule has 0 aliphatic carbocycles. The highest BCUT2D eigenvalue weighted by molar-refractivity contribution is 6.45. The fourth-order valence-electron chi connectivity index (χ4n) is 2.52. The van der Waals surface area contributed by atoms with Crippen LogP contribution in [0.15, 0.2) is 0 Å². The normalized spacial score (nSPS) is 25.3. The van der Waals surface area contributed by atoms with E-state index in [1.54, 1.807) is 20.8 Å². The van der Waals surface area contributed by atoms with Gasteiger partial charge in [-0.2, -0.15) is 26.3 Å². The Balaban J connectivity index is 3.27. The van der Waals surface area contributed by atoms with Crippen molar-refractivity contribution in [2.24, 2.45) is 0 Å². The van der Waals surface area contributed by atoms with E-state index < -0.39 is 46.7 Å². The Kier molecular flexibility index (Phi) is 6.16. The van der Waals surface area contributed by atoms with Gasteiger partial charge in [-0.15, -0.1) is 0 Å². The lowest BCUT2D eigenvalue weighted by Gasteiger charge is -2.60. The van der Waals surface area contributed by atoms with Gasteiger partial charge in [0, 0.05) is 18.0 Å². The van der Waals surface area contributed by atoms with E-state index in [0.717, 1.165) is 0 Å². The topological polar surface area (TPSA) is 32.8 Å². The molecule has 27 heavy (non-hydrogen) atoms. The molecule has 0 bridgehead atoms. The van der Waals surface area contributed by atoms with Gasteiger partial charge in [-0.05, 0) is 32.1 Å². The lowest BCUT2D eigenvalue weighted by atomic mass is 9.49. The Hall–Kier alpha value is -0.865. The third-order valence-electron chi connectivity index (χ3n) is 4.09. The second kappa shape index (κ2) is 6.88. The molecule has 1 aliphatic heterocycles. The van der Waals surface area contributed by atoms with Crippen molar-refractivity contribution in [2.75, 3.05) is 6.54 Å². The molecule has 0 aromatic carbocycles. The number of piperazine rings is 1. The molecule has 0 spiro atoms. The molecule has 1 heterocycles. The number of hydrogen-bond acceptors (Lipinski definition) is 3. The van der Waals surface area contributed by atoms with Gasteiger partial charge in [-0.1, -0.05) is 0 Å². The molecule has 1 amide bonds. The van der Waals surface area contributed by atoms with Crippen LogP contribution < -0.4 is 0 Å².